The van der Waals surface area contributed by atoms with Crippen LogP contribution in [0.2, 0.25) is 0 Å². The number of nitrogens with one attached hydrogen (secondary N) is 2. The van der Waals surface area contributed by atoms with Crippen molar-refractivity contribution in [2.24, 2.45) is 0 Å². The molecule has 0 spiro atoms. The lowest BCUT2D eigenvalue weighted by atomic mass is 9.97. The van der Waals surface area contributed by atoms with Gasteiger partial charge in [0.1, 0.15) is 5.69 Å². The Balaban J connectivity index is 2.61. The first kappa shape index (κ1) is 13.4. The van der Waals surface area contributed by atoms with Gasteiger partial charge in [0.15, 0.2) is 0 Å². The summed E-state index contributed by atoms with van der Waals surface area (Å²) in [6.07, 6.45) is 3.40. The summed E-state index contributed by atoms with van der Waals surface area (Å²) in [4.78, 5) is 28.4. The molecule has 0 aliphatic rings. The summed E-state index contributed by atoms with van der Waals surface area (Å²) in [6.45, 7) is 3.88. The topological polar surface area (TPSA) is 95.1 Å². The van der Waals surface area contributed by atoms with E-state index in [1.807, 2.05) is 13.8 Å². The van der Waals surface area contributed by atoms with Crippen LogP contribution in [0.25, 0.3) is 0 Å². The van der Waals surface area contributed by atoms with Gasteiger partial charge in [-0.1, -0.05) is 13.8 Å². The Kier molecular flexibility index (Phi) is 4.39. The first-order chi connectivity index (χ1) is 8.00. The number of rotatable bonds is 5. The monoisotopic (exact) mass is 239 g/mol. The smallest absolute Gasteiger partial charge is 0.271 e. The van der Waals surface area contributed by atoms with Crippen molar-refractivity contribution in [2.75, 3.05) is 6.54 Å². The van der Waals surface area contributed by atoms with Crippen LogP contribution in [0.1, 0.15) is 37.2 Å². The maximum atomic E-state index is 11.6. The fourth-order valence-electron chi connectivity index (χ4n) is 1.30. The highest BCUT2D eigenvalue weighted by Gasteiger charge is 2.23. The molecule has 0 atom stereocenters. The molecular weight excluding hydrogens is 222 g/mol. The van der Waals surface area contributed by atoms with Gasteiger partial charge in [-0.25, -0.2) is 4.98 Å². The average molecular weight is 239 g/mol. The molecule has 1 aromatic heterocycles. The number of aliphatic hydroxyl groups is 1. The number of carbonyl (C=O) groups is 1. The molecule has 3 N–H and O–H groups in total. The second-order valence-electron chi connectivity index (χ2n) is 3.91. The standard InChI is InChI=1S/C11H17N3O3/c1-3-11(17,4-2)7-14-10(16)8-5-13-9(15)6-12-8/h5-6,17H,3-4,7H2,1-2H3,(H,13,15)(H,14,16). The second-order valence-corrected chi connectivity index (χ2v) is 3.91. The van der Waals surface area contributed by atoms with Gasteiger partial charge < -0.3 is 15.4 Å². The molecule has 0 bridgehead atoms. The van der Waals surface area contributed by atoms with E-state index in [4.69, 9.17) is 0 Å². The minimum absolute atomic E-state index is 0.124. The lowest BCUT2D eigenvalue weighted by Gasteiger charge is -2.25. The Bertz CT molecular complexity index is 417. The predicted molar refractivity (Wildman–Crippen MR) is 62.7 cm³/mol. The van der Waals surface area contributed by atoms with Crippen molar-refractivity contribution in [1.29, 1.82) is 0 Å². The van der Waals surface area contributed by atoms with Gasteiger partial charge in [-0.3, -0.25) is 9.59 Å². The first-order valence-corrected chi connectivity index (χ1v) is 5.56. The Hall–Kier alpha value is -1.69. The van der Waals surface area contributed by atoms with Crippen molar-refractivity contribution in [1.82, 2.24) is 15.3 Å². The highest BCUT2D eigenvalue weighted by molar-refractivity contribution is 5.91. The van der Waals surface area contributed by atoms with Gasteiger partial charge in [0, 0.05) is 12.7 Å². The fraction of sp³-hybridized carbons (Fsp3) is 0.545. The summed E-state index contributed by atoms with van der Waals surface area (Å²) in [6, 6.07) is 0. The van der Waals surface area contributed by atoms with E-state index in [2.05, 4.69) is 15.3 Å². The summed E-state index contributed by atoms with van der Waals surface area (Å²) in [5, 5.41) is 12.6. The van der Waals surface area contributed by atoms with Gasteiger partial charge in [0.05, 0.1) is 11.8 Å². The van der Waals surface area contributed by atoms with E-state index in [9.17, 15) is 14.7 Å². The summed E-state index contributed by atoms with van der Waals surface area (Å²) >= 11 is 0. The zero-order valence-electron chi connectivity index (χ0n) is 9.99. The number of hydrogen-bond donors (Lipinski definition) is 3. The van der Waals surface area contributed by atoms with Crippen molar-refractivity contribution in [2.45, 2.75) is 32.3 Å². The van der Waals surface area contributed by atoms with Crippen LogP contribution in [-0.4, -0.2) is 33.1 Å². The van der Waals surface area contributed by atoms with Gasteiger partial charge in [0.2, 0.25) is 0 Å². The van der Waals surface area contributed by atoms with Gasteiger partial charge in [0.25, 0.3) is 11.5 Å². The molecule has 94 valence electrons. The Labute approximate surface area is 99.1 Å². The maximum Gasteiger partial charge on any atom is 0.271 e. The van der Waals surface area contributed by atoms with Crippen LogP contribution in [0, 0.1) is 0 Å². The third kappa shape index (κ3) is 3.67. The van der Waals surface area contributed by atoms with E-state index in [0.717, 1.165) is 6.20 Å². The zero-order valence-corrected chi connectivity index (χ0v) is 9.99. The fourth-order valence-corrected chi connectivity index (χ4v) is 1.30. The normalized spacial score (nSPS) is 11.2. The molecule has 0 unspecified atom stereocenters. The SMILES string of the molecule is CCC(O)(CC)CNC(=O)c1c[nH]c(=O)cn1. The molecule has 0 aromatic carbocycles. The van der Waals surface area contributed by atoms with Crippen LogP contribution < -0.4 is 10.9 Å². The van der Waals surface area contributed by atoms with Crippen LogP contribution in [0.5, 0.6) is 0 Å². The number of amides is 1. The van der Waals surface area contributed by atoms with E-state index in [-0.39, 0.29) is 17.8 Å². The molecule has 17 heavy (non-hydrogen) atoms. The molecule has 1 amide bonds. The summed E-state index contributed by atoms with van der Waals surface area (Å²) in [5.74, 6) is -0.415. The van der Waals surface area contributed by atoms with Crippen molar-refractivity contribution < 1.29 is 9.90 Å². The summed E-state index contributed by atoms with van der Waals surface area (Å²) in [5.41, 5.74) is -1.13. The highest BCUT2D eigenvalue weighted by atomic mass is 16.3. The van der Waals surface area contributed by atoms with E-state index >= 15 is 0 Å². The number of carbonyl (C=O) groups excluding carboxylic acids is 1. The molecule has 0 aliphatic carbocycles. The summed E-state index contributed by atoms with van der Waals surface area (Å²) < 4.78 is 0. The second kappa shape index (κ2) is 5.58. The number of nitrogens with zero attached hydrogens (tertiary/aromatic N) is 1. The summed E-state index contributed by atoms with van der Waals surface area (Å²) in [7, 11) is 0. The minimum atomic E-state index is -0.891. The Morgan fingerprint density at radius 2 is 2.18 bits per heavy atom. The van der Waals surface area contributed by atoms with E-state index in [1.165, 1.54) is 6.20 Å². The average Bonchev–Trinajstić information content (AvgIpc) is 2.36. The molecule has 0 aliphatic heterocycles. The molecule has 1 aromatic rings. The number of aromatic nitrogens is 2. The molecule has 0 saturated heterocycles. The van der Waals surface area contributed by atoms with Crippen molar-refractivity contribution >= 4 is 5.91 Å². The highest BCUT2D eigenvalue weighted by Crippen LogP contribution is 2.12. The van der Waals surface area contributed by atoms with Crippen molar-refractivity contribution in [3.8, 4) is 0 Å². The lowest BCUT2D eigenvalue weighted by molar-refractivity contribution is 0.0313. The molecule has 6 nitrogen and oxygen atoms in total. The van der Waals surface area contributed by atoms with Gasteiger partial charge in [-0.15, -0.1) is 0 Å². The van der Waals surface area contributed by atoms with Crippen molar-refractivity contribution in [3.63, 3.8) is 0 Å². The molecule has 1 rings (SSSR count). The number of aromatic amines is 1. The molecule has 6 heteroatoms. The van der Waals surface area contributed by atoms with Gasteiger partial charge in [-0.05, 0) is 12.8 Å². The van der Waals surface area contributed by atoms with E-state index in [1.54, 1.807) is 0 Å². The van der Waals surface area contributed by atoms with Crippen LogP contribution in [0.3, 0.4) is 0 Å². The third-order valence-electron chi connectivity index (χ3n) is 2.80. The van der Waals surface area contributed by atoms with Crippen LogP contribution in [0.15, 0.2) is 17.2 Å². The van der Waals surface area contributed by atoms with Crippen LogP contribution >= 0.6 is 0 Å². The van der Waals surface area contributed by atoms with Crippen LogP contribution in [0.4, 0.5) is 0 Å². The van der Waals surface area contributed by atoms with E-state index < -0.39 is 11.5 Å². The third-order valence-corrected chi connectivity index (χ3v) is 2.80. The van der Waals surface area contributed by atoms with E-state index in [0.29, 0.717) is 12.8 Å². The molecule has 0 radical (unpaired) electrons. The maximum absolute atomic E-state index is 11.6. The van der Waals surface area contributed by atoms with Crippen molar-refractivity contribution in [3.05, 3.63) is 28.4 Å². The minimum Gasteiger partial charge on any atom is -0.388 e. The predicted octanol–water partition coefficient (Wildman–Crippen LogP) is 0.0508. The zero-order chi connectivity index (χ0) is 12.9. The van der Waals surface area contributed by atoms with Gasteiger partial charge in [-0.2, -0.15) is 0 Å². The van der Waals surface area contributed by atoms with Crippen LogP contribution in [-0.2, 0) is 0 Å². The number of H-pyrrole nitrogens is 1. The number of hydrogen-bond acceptors (Lipinski definition) is 4. The molecule has 0 fully saturated rings. The Morgan fingerprint density at radius 1 is 1.53 bits per heavy atom. The largest absolute Gasteiger partial charge is 0.388 e. The molecule has 0 saturated carbocycles. The lowest BCUT2D eigenvalue weighted by Crippen LogP contribution is -2.42. The molecule has 1 heterocycles. The quantitative estimate of drug-likeness (QED) is 0.676. The van der Waals surface area contributed by atoms with Gasteiger partial charge >= 0.3 is 0 Å². The molecular formula is C11H17N3O3. The first-order valence-electron chi connectivity index (χ1n) is 5.56. The Morgan fingerprint density at radius 3 is 2.65 bits per heavy atom.